The van der Waals surface area contributed by atoms with E-state index in [0.717, 1.165) is 0 Å². The van der Waals surface area contributed by atoms with Gasteiger partial charge in [-0.15, -0.1) is 0 Å². The minimum absolute atomic E-state index is 0.128. The average Bonchev–Trinajstić information content (AvgIpc) is 2.68. The Labute approximate surface area is 103 Å². The van der Waals surface area contributed by atoms with E-state index in [2.05, 4.69) is 5.32 Å². The Kier molecular flexibility index (Phi) is 4.20. The number of hydrogen-bond donors (Lipinski definition) is 1. The number of hydrogen-bond acceptors (Lipinski definition) is 4. The van der Waals surface area contributed by atoms with Crippen LogP contribution in [0.4, 0.5) is 0 Å². The highest BCUT2D eigenvalue weighted by Gasteiger charge is 2.27. The predicted molar refractivity (Wildman–Crippen MR) is 66.6 cm³/mol. The number of carbonyl (C=O) groups is 1. The van der Waals surface area contributed by atoms with Crippen molar-refractivity contribution < 1.29 is 13.2 Å². The third-order valence-corrected chi connectivity index (χ3v) is 5.50. The van der Waals surface area contributed by atoms with E-state index in [-0.39, 0.29) is 23.3 Å². The molecule has 0 bridgehead atoms. The maximum absolute atomic E-state index is 11.8. The van der Waals surface area contributed by atoms with Crippen molar-refractivity contribution in [3.63, 3.8) is 0 Å². The summed E-state index contributed by atoms with van der Waals surface area (Å²) in [5, 5.41) is 3.13. The molecule has 1 saturated heterocycles. The molecule has 0 aromatic carbocycles. The standard InChI is InChI=1S/C12H21NO3S/c14-12(7-10-3-1-2-4-10)8-11-9-17(15,16)6-5-13-11/h10-11,13H,1-9H2. The molecule has 98 valence electrons. The van der Waals surface area contributed by atoms with E-state index < -0.39 is 9.84 Å². The van der Waals surface area contributed by atoms with Gasteiger partial charge in [-0.25, -0.2) is 8.42 Å². The van der Waals surface area contributed by atoms with Crippen LogP contribution in [-0.4, -0.2) is 38.3 Å². The molecule has 1 aliphatic heterocycles. The van der Waals surface area contributed by atoms with Crippen molar-refractivity contribution in [2.75, 3.05) is 18.1 Å². The lowest BCUT2D eigenvalue weighted by Crippen LogP contribution is -2.46. The first-order valence-corrected chi connectivity index (χ1v) is 8.33. The van der Waals surface area contributed by atoms with E-state index in [4.69, 9.17) is 0 Å². The molecule has 1 heterocycles. The van der Waals surface area contributed by atoms with Gasteiger partial charge in [0.2, 0.25) is 0 Å². The van der Waals surface area contributed by atoms with Gasteiger partial charge in [0, 0.05) is 25.4 Å². The normalized spacial score (nSPS) is 29.3. The van der Waals surface area contributed by atoms with E-state index in [1.54, 1.807) is 0 Å². The molecule has 2 aliphatic rings. The second-order valence-corrected chi connectivity index (χ2v) is 7.59. The van der Waals surface area contributed by atoms with Gasteiger partial charge in [-0.2, -0.15) is 0 Å². The molecule has 17 heavy (non-hydrogen) atoms. The first-order valence-electron chi connectivity index (χ1n) is 6.51. The molecule has 1 atom stereocenters. The molecule has 0 aromatic heterocycles. The zero-order valence-electron chi connectivity index (χ0n) is 10.2. The van der Waals surface area contributed by atoms with E-state index in [0.29, 0.717) is 25.3 Å². The van der Waals surface area contributed by atoms with Crippen LogP contribution in [0.15, 0.2) is 0 Å². The van der Waals surface area contributed by atoms with Crippen molar-refractivity contribution in [2.45, 2.75) is 44.6 Å². The highest BCUT2D eigenvalue weighted by molar-refractivity contribution is 7.91. The van der Waals surface area contributed by atoms with Crippen LogP contribution in [0.5, 0.6) is 0 Å². The summed E-state index contributed by atoms with van der Waals surface area (Å²) in [5.41, 5.74) is 0. The minimum atomic E-state index is -2.92. The van der Waals surface area contributed by atoms with Crippen molar-refractivity contribution in [3.8, 4) is 0 Å². The van der Waals surface area contributed by atoms with Gasteiger partial charge < -0.3 is 5.32 Å². The SMILES string of the molecule is O=C(CC1CCCC1)CC1CS(=O)(=O)CCN1. The summed E-state index contributed by atoms with van der Waals surface area (Å²) in [5.74, 6) is 1.12. The van der Waals surface area contributed by atoms with Crippen molar-refractivity contribution in [1.29, 1.82) is 0 Å². The smallest absolute Gasteiger partial charge is 0.153 e. The van der Waals surface area contributed by atoms with Gasteiger partial charge in [0.05, 0.1) is 11.5 Å². The van der Waals surface area contributed by atoms with Crippen LogP contribution in [-0.2, 0) is 14.6 Å². The van der Waals surface area contributed by atoms with E-state index in [9.17, 15) is 13.2 Å². The zero-order chi connectivity index (χ0) is 12.3. The van der Waals surface area contributed by atoms with Gasteiger partial charge in [0.1, 0.15) is 5.78 Å². The van der Waals surface area contributed by atoms with Gasteiger partial charge in [-0.05, 0) is 5.92 Å². The first kappa shape index (κ1) is 13.0. The Balaban J connectivity index is 1.77. The topological polar surface area (TPSA) is 63.2 Å². The summed E-state index contributed by atoms with van der Waals surface area (Å²) in [6, 6.07) is -0.150. The lowest BCUT2D eigenvalue weighted by Gasteiger charge is -2.23. The van der Waals surface area contributed by atoms with Crippen LogP contribution in [0.25, 0.3) is 0 Å². The number of nitrogens with one attached hydrogen (secondary N) is 1. The van der Waals surface area contributed by atoms with Gasteiger partial charge in [0.15, 0.2) is 9.84 Å². The monoisotopic (exact) mass is 259 g/mol. The molecule has 0 aromatic rings. The fourth-order valence-electron chi connectivity index (χ4n) is 2.89. The number of rotatable bonds is 4. The van der Waals surface area contributed by atoms with Crippen molar-refractivity contribution in [3.05, 3.63) is 0 Å². The predicted octanol–water partition coefficient (Wildman–Crippen LogP) is 0.913. The summed E-state index contributed by atoms with van der Waals surface area (Å²) in [4.78, 5) is 11.8. The van der Waals surface area contributed by atoms with Crippen LogP contribution in [0.2, 0.25) is 0 Å². The number of sulfone groups is 1. The Hall–Kier alpha value is -0.420. The van der Waals surface area contributed by atoms with Gasteiger partial charge in [0.25, 0.3) is 0 Å². The summed E-state index contributed by atoms with van der Waals surface area (Å²) >= 11 is 0. The van der Waals surface area contributed by atoms with Crippen LogP contribution in [0.3, 0.4) is 0 Å². The van der Waals surface area contributed by atoms with Crippen LogP contribution < -0.4 is 5.32 Å². The highest BCUT2D eigenvalue weighted by Crippen LogP contribution is 2.28. The molecule has 5 heteroatoms. The summed E-state index contributed by atoms with van der Waals surface area (Å²) < 4.78 is 22.9. The van der Waals surface area contributed by atoms with Gasteiger partial charge in [-0.3, -0.25) is 4.79 Å². The minimum Gasteiger partial charge on any atom is -0.312 e. The van der Waals surface area contributed by atoms with Gasteiger partial charge in [-0.1, -0.05) is 25.7 Å². The Morgan fingerprint density at radius 3 is 2.53 bits per heavy atom. The Morgan fingerprint density at radius 1 is 1.18 bits per heavy atom. The fraction of sp³-hybridized carbons (Fsp3) is 0.917. The largest absolute Gasteiger partial charge is 0.312 e. The molecule has 1 saturated carbocycles. The molecule has 1 N–H and O–H groups in total. The zero-order valence-corrected chi connectivity index (χ0v) is 11.0. The highest BCUT2D eigenvalue weighted by atomic mass is 32.2. The van der Waals surface area contributed by atoms with Crippen molar-refractivity contribution >= 4 is 15.6 Å². The van der Waals surface area contributed by atoms with E-state index in [1.807, 2.05) is 0 Å². The van der Waals surface area contributed by atoms with Crippen molar-refractivity contribution in [2.24, 2.45) is 5.92 Å². The lowest BCUT2D eigenvalue weighted by atomic mass is 9.98. The molecule has 4 nitrogen and oxygen atoms in total. The maximum atomic E-state index is 11.8. The average molecular weight is 259 g/mol. The molecule has 1 aliphatic carbocycles. The number of Topliss-reactive ketones (excluding diaryl/α,β-unsaturated/α-hetero) is 1. The van der Waals surface area contributed by atoms with Crippen LogP contribution >= 0.6 is 0 Å². The lowest BCUT2D eigenvalue weighted by molar-refractivity contribution is -0.120. The maximum Gasteiger partial charge on any atom is 0.153 e. The Morgan fingerprint density at radius 2 is 1.88 bits per heavy atom. The molecular formula is C12H21NO3S. The molecule has 0 radical (unpaired) electrons. The second-order valence-electron chi connectivity index (χ2n) is 5.36. The summed E-state index contributed by atoms with van der Waals surface area (Å²) in [7, 11) is -2.92. The molecule has 2 fully saturated rings. The van der Waals surface area contributed by atoms with E-state index in [1.165, 1.54) is 25.7 Å². The number of carbonyl (C=O) groups excluding carboxylic acids is 1. The summed E-state index contributed by atoms with van der Waals surface area (Å²) in [6.45, 7) is 0.490. The first-order chi connectivity index (χ1) is 8.05. The third kappa shape index (κ3) is 4.07. The molecule has 0 spiro atoms. The van der Waals surface area contributed by atoms with Crippen LogP contribution in [0, 0.1) is 5.92 Å². The van der Waals surface area contributed by atoms with E-state index >= 15 is 0 Å². The molecule has 2 rings (SSSR count). The molecule has 0 amide bonds. The molecular weight excluding hydrogens is 238 g/mol. The van der Waals surface area contributed by atoms with Crippen LogP contribution in [0.1, 0.15) is 38.5 Å². The van der Waals surface area contributed by atoms with Crippen molar-refractivity contribution in [1.82, 2.24) is 5.32 Å². The number of ketones is 1. The van der Waals surface area contributed by atoms with Gasteiger partial charge >= 0.3 is 0 Å². The quantitative estimate of drug-likeness (QED) is 0.815. The second kappa shape index (κ2) is 5.48. The molecule has 1 unspecified atom stereocenters. The fourth-order valence-corrected chi connectivity index (χ4v) is 4.34. The summed E-state index contributed by atoms with van der Waals surface area (Å²) in [6.07, 6.45) is 5.86. The third-order valence-electron chi connectivity index (χ3n) is 3.77. The Bertz CT molecular complexity index is 371.